The lowest BCUT2D eigenvalue weighted by molar-refractivity contribution is 0.223. The summed E-state index contributed by atoms with van der Waals surface area (Å²) in [4.78, 5) is 2.26. The molecule has 1 heterocycles. The van der Waals surface area contributed by atoms with E-state index in [0.717, 1.165) is 32.1 Å². The molecular formula is C11H25ClN2O2S. The zero-order chi connectivity index (χ0) is 12.0. The second kappa shape index (κ2) is 8.29. The van der Waals surface area contributed by atoms with Crippen molar-refractivity contribution in [3.8, 4) is 0 Å². The first kappa shape index (κ1) is 17.2. The van der Waals surface area contributed by atoms with Crippen molar-refractivity contribution in [3.63, 3.8) is 0 Å². The molecule has 0 aromatic heterocycles. The summed E-state index contributed by atoms with van der Waals surface area (Å²) in [6.07, 6.45) is 3.75. The van der Waals surface area contributed by atoms with Crippen LogP contribution in [0.15, 0.2) is 0 Å². The summed E-state index contributed by atoms with van der Waals surface area (Å²) < 4.78 is 22.2. The minimum atomic E-state index is -2.82. The van der Waals surface area contributed by atoms with Crippen LogP contribution >= 0.6 is 12.4 Å². The highest BCUT2D eigenvalue weighted by Gasteiger charge is 2.16. The van der Waals surface area contributed by atoms with Crippen LogP contribution in [0.4, 0.5) is 0 Å². The minimum Gasteiger partial charge on any atom is -0.317 e. The van der Waals surface area contributed by atoms with E-state index in [1.165, 1.54) is 19.1 Å². The number of hydrogen-bond donors (Lipinski definition) is 1. The number of nitrogens with one attached hydrogen (secondary N) is 1. The van der Waals surface area contributed by atoms with Crippen LogP contribution in [0, 0.1) is 5.92 Å². The van der Waals surface area contributed by atoms with Gasteiger partial charge < -0.3 is 10.2 Å². The van der Waals surface area contributed by atoms with Crippen molar-refractivity contribution in [2.45, 2.75) is 19.8 Å². The number of rotatable bonds is 6. The lowest BCUT2D eigenvalue weighted by Crippen LogP contribution is -2.38. The molecule has 104 valence electrons. The van der Waals surface area contributed by atoms with E-state index in [9.17, 15) is 8.42 Å². The fourth-order valence-corrected chi connectivity index (χ4v) is 2.69. The molecular weight excluding hydrogens is 260 g/mol. The maximum Gasteiger partial charge on any atom is 0.148 e. The fourth-order valence-electron chi connectivity index (χ4n) is 2.10. The Morgan fingerprint density at radius 3 is 2.35 bits per heavy atom. The third-order valence-electron chi connectivity index (χ3n) is 3.20. The predicted molar refractivity (Wildman–Crippen MR) is 74.7 cm³/mol. The molecule has 0 amide bonds. The lowest BCUT2D eigenvalue weighted by atomic mass is 9.97. The Labute approximate surface area is 111 Å². The summed E-state index contributed by atoms with van der Waals surface area (Å²) >= 11 is 0. The van der Waals surface area contributed by atoms with Crippen LogP contribution in [0.3, 0.4) is 0 Å². The van der Waals surface area contributed by atoms with E-state index in [4.69, 9.17) is 0 Å². The zero-order valence-electron chi connectivity index (χ0n) is 10.8. The zero-order valence-corrected chi connectivity index (χ0v) is 12.4. The van der Waals surface area contributed by atoms with Crippen LogP contribution in [0.25, 0.3) is 0 Å². The van der Waals surface area contributed by atoms with Gasteiger partial charge in [-0.3, -0.25) is 0 Å². The number of sulfone groups is 1. The monoisotopic (exact) mass is 284 g/mol. The largest absolute Gasteiger partial charge is 0.317 e. The summed E-state index contributed by atoms with van der Waals surface area (Å²) in [7, 11) is -2.82. The quantitative estimate of drug-likeness (QED) is 0.783. The van der Waals surface area contributed by atoms with Crippen molar-refractivity contribution >= 4 is 22.2 Å². The molecule has 0 aliphatic carbocycles. The molecule has 1 aliphatic rings. The number of hydrogen-bond acceptors (Lipinski definition) is 4. The Hall–Kier alpha value is 0.160. The lowest BCUT2D eigenvalue weighted by Gasteiger charge is -2.29. The highest BCUT2D eigenvalue weighted by molar-refractivity contribution is 7.90. The van der Waals surface area contributed by atoms with Gasteiger partial charge in [-0.2, -0.15) is 0 Å². The Kier molecular flexibility index (Phi) is 8.37. The van der Waals surface area contributed by atoms with Crippen LogP contribution in [0.5, 0.6) is 0 Å². The van der Waals surface area contributed by atoms with Gasteiger partial charge in [-0.05, 0) is 38.4 Å². The average molecular weight is 285 g/mol. The molecule has 1 N–H and O–H groups in total. The van der Waals surface area contributed by atoms with Crippen LogP contribution in [-0.2, 0) is 9.84 Å². The molecule has 0 unspecified atom stereocenters. The highest BCUT2D eigenvalue weighted by Crippen LogP contribution is 2.13. The Morgan fingerprint density at radius 1 is 1.29 bits per heavy atom. The standard InChI is InChI=1S/C11H24N2O2S.ClH/c1-3-13(8-9-16(2,14)15)10-11-4-6-12-7-5-11;/h11-12H,3-10H2,1-2H3;1H. The first-order valence-electron chi connectivity index (χ1n) is 6.12. The first-order chi connectivity index (χ1) is 7.51. The predicted octanol–water partition coefficient (Wildman–Crippen LogP) is 0.774. The van der Waals surface area contributed by atoms with Crippen molar-refractivity contribution in [1.29, 1.82) is 0 Å². The van der Waals surface area contributed by atoms with E-state index in [2.05, 4.69) is 17.1 Å². The topological polar surface area (TPSA) is 49.4 Å². The van der Waals surface area contributed by atoms with Gasteiger partial charge in [-0.25, -0.2) is 8.42 Å². The van der Waals surface area contributed by atoms with Gasteiger partial charge in [0.1, 0.15) is 9.84 Å². The Morgan fingerprint density at radius 2 is 1.88 bits per heavy atom. The van der Waals surface area contributed by atoms with Gasteiger partial charge in [-0.1, -0.05) is 6.92 Å². The normalized spacial score (nSPS) is 18.1. The number of piperidine rings is 1. The minimum absolute atomic E-state index is 0. The van der Waals surface area contributed by atoms with E-state index >= 15 is 0 Å². The average Bonchev–Trinajstić information content (AvgIpc) is 2.24. The number of nitrogens with zero attached hydrogens (tertiary/aromatic N) is 1. The molecule has 17 heavy (non-hydrogen) atoms. The molecule has 0 aromatic rings. The molecule has 6 heteroatoms. The first-order valence-corrected chi connectivity index (χ1v) is 8.18. The Bertz CT molecular complexity index is 290. The van der Waals surface area contributed by atoms with E-state index < -0.39 is 9.84 Å². The van der Waals surface area contributed by atoms with Crippen LogP contribution in [-0.4, -0.2) is 58.1 Å². The summed E-state index contributed by atoms with van der Waals surface area (Å²) in [5.74, 6) is 1.02. The third kappa shape index (κ3) is 7.97. The van der Waals surface area contributed by atoms with Crippen molar-refractivity contribution in [1.82, 2.24) is 10.2 Å². The molecule has 1 saturated heterocycles. The van der Waals surface area contributed by atoms with Crippen LogP contribution in [0.1, 0.15) is 19.8 Å². The van der Waals surface area contributed by atoms with Gasteiger partial charge >= 0.3 is 0 Å². The molecule has 0 bridgehead atoms. The molecule has 4 nitrogen and oxygen atoms in total. The molecule has 0 aromatic carbocycles. The summed E-state index contributed by atoms with van der Waals surface area (Å²) in [6.45, 7) is 6.98. The molecule has 0 spiro atoms. The molecule has 1 fully saturated rings. The van der Waals surface area contributed by atoms with E-state index in [1.54, 1.807) is 0 Å². The maximum absolute atomic E-state index is 11.1. The highest BCUT2D eigenvalue weighted by atomic mass is 35.5. The van der Waals surface area contributed by atoms with E-state index in [0.29, 0.717) is 6.54 Å². The van der Waals surface area contributed by atoms with Crippen molar-refractivity contribution < 1.29 is 8.42 Å². The van der Waals surface area contributed by atoms with Gasteiger partial charge in [0, 0.05) is 19.3 Å². The van der Waals surface area contributed by atoms with Gasteiger partial charge in [-0.15, -0.1) is 12.4 Å². The second-order valence-corrected chi connectivity index (χ2v) is 6.98. The van der Waals surface area contributed by atoms with Crippen molar-refractivity contribution in [3.05, 3.63) is 0 Å². The molecule has 1 aliphatic heterocycles. The third-order valence-corrected chi connectivity index (χ3v) is 4.12. The van der Waals surface area contributed by atoms with E-state index in [1.807, 2.05) is 0 Å². The van der Waals surface area contributed by atoms with Gasteiger partial charge in [0.25, 0.3) is 0 Å². The molecule has 0 saturated carbocycles. The smallest absolute Gasteiger partial charge is 0.148 e. The molecule has 1 rings (SSSR count). The van der Waals surface area contributed by atoms with Crippen LogP contribution in [0.2, 0.25) is 0 Å². The number of halogens is 1. The SMILES string of the molecule is CCN(CCS(C)(=O)=O)CC1CCNCC1.Cl. The fraction of sp³-hybridized carbons (Fsp3) is 1.00. The van der Waals surface area contributed by atoms with Gasteiger partial charge in [0.15, 0.2) is 0 Å². The van der Waals surface area contributed by atoms with E-state index in [-0.39, 0.29) is 18.2 Å². The van der Waals surface area contributed by atoms with Gasteiger partial charge in [0.2, 0.25) is 0 Å². The molecule has 0 radical (unpaired) electrons. The van der Waals surface area contributed by atoms with Gasteiger partial charge in [0.05, 0.1) is 5.75 Å². The summed E-state index contributed by atoms with van der Waals surface area (Å²) in [5, 5.41) is 3.35. The Balaban J connectivity index is 0.00000256. The maximum atomic E-state index is 11.1. The summed E-state index contributed by atoms with van der Waals surface area (Å²) in [5.41, 5.74) is 0. The summed E-state index contributed by atoms with van der Waals surface area (Å²) in [6, 6.07) is 0. The second-order valence-electron chi connectivity index (χ2n) is 4.72. The van der Waals surface area contributed by atoms with Crippen molar-refractivity contribution in [2.75, 3.05) is 44.7 Å². The van der Waals surface area contributed by atoms with Crippen molar-refractivity contribution in [2.24, 2.45) is 5.92 Å². The molecule has 0 atom stereocenters. The van der Waals surface area contributed by atoms with Crippen LogP contribution < -0.4 is 5.32 Å².